The van der Waals surface area contributed by atoms with E-state index in [0.29, 0.717) is 10.6 Å². The van der Waals surface area contributed by atoms with Gasteiger partial charge in [-0.2, -0.15) is 0 Å². The number of rotatable bonds is 1. The fraction of sp³-hybridized carbons (Fsp3) is 0.444. The normalized spacial score (nSPS) is 23.8. The molecule has 76 valence electrons. The van der Waals surface area contributed by atoms with Crippen molar-refractivity contribution in [3.63, 3.8) is 0 Å². The van der Waals surface area contributed by atoms with Crippen LogP contribution < -0.4 is 4.72 Å². The summed E-state index contributed by atoms with van der Waals surface area (Å²) in [4.78, 5) is 4.43. The molecule has 1 aliphatic rings. The van der Waals surface area contributed by atoms with Gasteiger partial charge in [-0.1, -0.05) is 13.8 Å². The van der Waals surface area contributed by atoms with Crippen molar-refractivity contribution < 1.29 is 8.42 Å². The number of hydrogen-bond acceptors (Lipinski definition) is 3. The van der Waals surface area contributed by atoms with E-state index in [-0.39, 0.29) is 12.0 Å². The monoisotopic (exact) mass is 212 g/mol. The lowest BCUT2D eigenvalue weighted by Crippen LogP contribution is -2.23. The molecule has 2 heterocycles. The summed E-state index contributed by atoms with van der Waals surface area (Å²) in [6.07, 6.45) is 1.62. The maximum Gasteiger partial charge on any atom is 0.243 e. The van der Waals surface area contributed by atoms with E-state index in [9.17, 15) is 8.42 Å². The first-order chi connectivity index (χ1) is 6.52. The van der Waals surface area contributed by atoms with Crippen molar-refractivity contribution in [3.8, 4) is 0 Å². The van der Waals surface area contributed by atoms with Crippen molar-refractivity contribution in [2.24, 2.45) is 5.92 Å². The summed E-state index contributed by atoms with van der Waals surface area (Å²) >= 11 is 0. The van der Waals surface area contributed by atoms with Crippen molar-refractivity contribution in [1.29, 1.82) is 0 Å². The first-order valence-electron chi connectivity index (χ1n) is 4.49. The first kappa shape index (κ1) is 9.61. The Morgan fingerprint density at radius 2 is 2.21 bits per heavy atom. The standard InChI is InChI=1S/C9H12N2O2S/c1-6(2)8-9-7(4-3-5-10-9)14(12,13)11-8/h3-6,8,11H,1-2H3. The molecule has 1 N–H and O–H groups in total. The van der Waals surface area contributed by atoms with E-state index in [4.69, 9.17) is 0 Å². The predicted molar refractivity (Wildman–Crippen MR) is 52.1 cm³/mol. The van der Waals surface area contributed by atoms with E-state index in [2.05, 4.69) is 9.71 Å². The highest BCUT2D eigenvalue weighted by Crippen LogP contribution is 2.32. The quantitative estimate of drug-likeness (QED) is 0.757. The molecular weight excluding hydrogens is 200 g/mol. The van der Waals surface area contributed by atoms with Gasteiger partial charge in [0.05, 0.1) is 11.7 Å². The highest BCUT2D eigenvalue weighted by molar-refractivity contribution is 7.89. The maximum absolute atomic E-state index is 11.6. The minimum Gasteiger partial charge on any atom is -0.258 e. The molecule has 0 saturated carbocycles. The molecule has 14 heavy (non-hydrogen) atoms. The minimum absolute atomic E-state index is 0.184. The molecule has 0 aliphatic carbocycles. The Kier molecular flexibility index (Phi) is 2.08. The van der Waals surface area contributed by atoms with Gasteiger partial charge in [0.2, 0.25) is 10.0 Å². The van der Waals surface area contributed by atoms with Gasteiger partial charge in [-0.05, 0) is 18.1 Å². The van der Waals surface area contributed by atoms with Crippen LogP contribution in [0, 0.1) is 5.92 Å². The summed E-state index contributed by atoms with van der Waals surface area (Å²) in [6.45, 7) is 3.94. The van der Waals surface area contributed by atoms with Crippen molar-refractivity contribution in [2.75, 3.05) is 0 Å². The van der Waals surface area contributed by atoms with Crippen LogP contribution in [0.1, 0.15) is 25.6 Å². The first-order valence-corrected chi connectivity index (χ1v) is 5.98. The van der Waals surface area contributed by atoms with Gasteiger partial charge in [0, 0.05) is 6.20 Å². The molecule has 1 unspecified atom stereocenters. The number of nitrogens with one attached hydrogen (secondary N) is 1. The maximum atomic E-state index is 11.6. The Labute approximate surface area is 83.4 Å². The second-order valence-electron chi connectivity index (χ2n) is 3.73. The molecule has 0 radical (unpaired) electrons. The third-order valence-electron chi connectivity index (χ3n) is 2.33. The van der Waals surface area contributed by atoms with Gasteiger partial charge in [-0.25, -0.2) is 13.1 Å². The molecule has 2 rings (SSSR count). The zero-order valence-electron chi connectivity index (χ0n) is 8.06. The smallest absolute Gasteiger partial charge is 0.243 e. The number of fused-ring (bicyclic) bond motifs is 1. The molecule has 0 spiro atoms. The molecule has 1 aromatic rings. The van der Waals surface area contributed by atoms with E-state index in [1.807, 2.05) is 13.8 Å². The number of pyridine rings is 1. The van der Waals surface area contributed by atoms with Gasteiger partial charge >= 0.3 is 0 Å². The summed E-state index contributed by atoms with van der Waals surface area (Å²) in [5.41, 5.74) is 0.641. The Morgan fingerprint density at radius 3 is 2.86 bits per heavy atom. The number of sulfonamides is 1. The average Bonchev–Trinajstić information content (AvgIpc) is 2.40. The molecule has 1 atom stereocenters. The molecule has 1 aliphatic heterocycles. The largest absolute Gasteiger partial charge is 0.258 e. The Hall–Kier alpha value is -0.940. The zero-order valence-corrected chi connectivity index (χ0v) is 8.88. The second-order valence-corrected chi connectivity index (χ2v) is 5.41. The van der Waals surface area contributed by atoms with Crippen LogP contribution in [0.2, 0.25) is 0 Å². The van der Waals surface area contributed by atoms with Crippen molar-refractivity contribution in [2.45, 2.75) is 24.8 Å². The van der Waals surface area contributed by atoms with E-state index >= 15 is 0 Å². The van der Waals surface area contributed by atoms with Gasteiger partial charge in [0.15, 0.2) is 0 Å². The van der Waals surface area contributed by atoms with Gasteiger partial charge in [-0.3, -0.25) is 4.98 Å². The average molecular weight is 212 g/mol. The van der Waals surface area contributed by atoms with Crippen LogP contribution in [-0.2, 0) is 10.0 Å². The van der Waals surface area contributed by atoms with Crippen molar-refractivity contribution >= 4 is 10.0 Å². The van der Waals surface area contributed by atoms with E-state index in [1.54, 1.807) is 18.3 Å². The lowest BCUT2D eigenvalue weighted by molar-refractivity contribution is 0.469. The topological polar surface area (TPSA) is 59.1 Å². The van der Waals surface area contributed by atoms with Crippen LogP contribution in [0.25, 0.3) is 0 Å². The third-order valence-corrected chi connectivity index (χ3v) is 3.82. The number of nitrogens with zero attached hydrogens (tertiary/aromatic N) is 1. The minimum atomic E-state index is -3.31. The van der Waals surface area contributed by atoms with Gasteiger partial charge in [-0.15, -0.1) is 0 Å². The molecule has 0 fully saturated rings. The second kappa shape index (κ2) is 3.03. The predicted octanol–water partition coefficient (Wildman–Crippen LogP) is 1.07. The molecule has 4 nitrogen and oxygen atoms in total. The summed E-state index contributed by atoms with van der Waals surface area (Å²) < 4.78 is 25.8. The van der Waals surface area contributed by atoms with Crippen LogP contribution in [0.4, 0.5) is 0 Å². The SMILES string of the molecule is CC(C)C1NS(=O)(=O)c2cccnc21. The van der Waals surface area contributed by atoms with E-state index < -0.39 is 10.0 Å². The highest BCUT2D eigenvalue weighted by atomic mass is 32.2. The summed E-state index contributed by atoms with van der Waals surface area (Å²) in [7, 11) is -3.31. The summed E-state index contributed by atoms with van der Waals surface area (Å²) in [6, 6.07) is 3.05. The lowest BCUT2D eigenvalue weighted by atomic mass is 10.0. The molecule has 0 aromatic carbocycles. The molecule has 0 amide bonds. The molecule has 0 bridgehead atoms. The number of hydrogen-bond donors (Lipinski definition) is 1. The fourth-order valence-corrected chi connectivity index (χ4v) is 3.16. The van der Waals surface area contributed by atoms with Crippen LogP contribution in [0.15, 0.2) is 23.2 Å². The van der Waals surface area contributed by atoms with Crippen LogP contribution in [-0.4, -0.2) is 13.4 Å². The molecule has 1 aromatic heterocycles. The highest BCUT2D eigenvalue weighted by Gasteiger charge is 2.36. The molecule has 5 heteroatoms. The summed E-state index contributed by atoms with van der Waals surface area (Å²) in [5.74, 6) is 0.209. The Balaban J connectivity index is 2.61. The number of aromatic nitrogens is 1. The molecule has 0 saturated heterocycles. The third kappa shape index (κ3) is 1.33. The lowest BCUT2D eigenvalue weighted by Gasteiger charge is -2.12. The summed E-state index contributed by atoms with van der Waals surface area (Å²) in [5, 5.41) is 0. The van der Waals surface area contributed by atoms with E-state index in [1.165, 1.54) is 0 Å². The fourth-order valence-electron chi connectivity index (χ4n) is 1.60. The van der Waals surface area contributed by atoms with Gasteiger partial charge in [0.1, 0.15) is 4.90 Å². The van der Waals surface area contributed by atoms with Crippen molar-refractivity contribution in [1.82, 2.24) is 9.71 Å². The van der Waals surface area contributed by atoms with Crippen LogP contribution >= 0.6 is 0 Å². The van der Waals surface area contributed by atoms with Crippen LogP contribution in [0.3, 0.4) is 0 Å². The van der Waals surface area contributed by atoms with Crippen molar-refractivity contribution in [3.05, 3.63) is 24.0 Å². The van der Waals surface area contributed by atoms with Gasteiger partial charge < -0.3 is 0 Å². The Morgan fingerprint density at radius 1 is 1.50 bits per heavy atom. The Bertz CT molecular complexity index is 454. The van der Waals surface area contributed by atoms with Crippen LogP contribution in [0.5, 0.6) is 0 Å². The molecular formula is C9H12N2O2S. The van der Waals surface area contributed by atoms with Gasteiger partial charge in [0.25, 0.3) is 0 Å². The van der Waals surface area contributed by atoms with E-state index in [0.717, 1.165) is 0 Å². The zero-order chi connectivity index (χ0) is 10.3.